The second-order valence-electron chi connectivity index (χ2n) is 2.18. The van der Waals surface area contributed by atoms with Crippen molar-refractivity contribution in [2.75, 3.05) is 6.61 Å². The molecule has 0 aromatic carbocycles. The largest absolute Gasteiger partial charge is 0.392 e. The fraction of sp³-hybridized carbons (Fsp3) is 0.571. The number of oxime groups is 1. The second kappa shape index (κ2) is 3.28. The summed E-state index contributed by atoms with van der Waals surface area (Å²) in [6, 6.07) is 0. The zero-order valence-corrected chi connectivity index (χ0v) is 5.42. The van der Waals surface area contributed by atoms with Crippen LogP contribution in [0.1, 0.15) is 12.8 Å². The van der Waals surface area contributed by atoms with Crippen LogP contribution in [0, 0.1) is 5.92 Å². The summed E-state index contributed by atoms with van der Waals surface area (Å²) in [5.74, 6) is 0.704. The van der Waals surface area contributed by atoms with E-state index in [1.807, 2.05) is 6.21 Å². The molecule has 0 bridgehead atoms. The molecule has 0 aromatic rings. The van der Waals surface area contributed by atoms with Gasteiger partial charge in [0.15, 0.2) is 0 Å². The van der Waals surface area contributed by atoms with E-state index >= 15 is 0 Å². The molecule has 9 heavy (non-hydrogen) atoms. The van der Waals surface area contributed by atoms with Crippen molar-refractivity contribution >= 4 is 6.21 Å². The molecule has 0 aromatic heterocycles. The Morgan fingerprint density at radius 3 is 3.00 bits per heavy atom. The first-order valence-corrected chi connectivity index (χ1v) is 3.20. The van der Waals surface area contributed by atoms with E-state index in [1.54, 1.807) is 6.08 Å². The maximum atomic E-state index is 4.78. The van der Waals surface area contributed by atoms with Gasteiger partial charge in [-0.2, -0.15) is 0 Å². The highest BCUT2D eigenvalue weighted by atomic mass is 16.6. The monoisotopic (exact) mass is 125 g/mol. The molecule has 0 amide bonds. The minimum atomic E-state index is 0.517. The standard InChI is InChI=1S/C7H11NO/c1-2-5-9-8-6-7-3-4-7/h2,6-7H,1,3-5H2/b8-6-. The Hall–Kier alpha value is -0.790. The third-order valence-electron chi connectivity index (χ3n) is 1.16. The molecule has 2 heteroatoms. The molecule has 2 nitrogen and oxygen atoms in total. The van der Waals surface area contributed by atoms with Gasteiger partial charge in [0.05, 0.1) is 0 Å². The molecule has 1 fully saturated rings. The van der Waals surface area contributed by atoms with Gasteiger partial charge in [-0.3, -0.25) is 0 Å². The summed E-state index contributed by atoms with van der Waals surface area (Å²) in [6.07, 6.45) is 6.11. The van der Waals surface area contributed by atoms with Crippen molar-refractivity contribution in [3.05, 3.63) is 12.7 Å². The van der Waals surface area contributed by atoms with E-state index in [0.29, 0.717) is 12.5 Å². The Morgan fingerprint density at radius 2 is 2.44 bits per heavy atom. The summed E-state index contributed by atoms with van der Waals surface area (Å²) >= 11 is 0. The molecule has 1 aliphatic rings. The Balaban J connectivity index is 1.95. The summed E-state index contributed by atoms with van der Waals surface area (Å²) in [5, 5.41) is 3.73. The van der Waals surface area contributed by atoms with Gasteiger partial charge in [0.2, 0.25) is 0 Å². The highest BCUT2D eigenvalue weighted by Gasteiger charge is 2.18. The molecular formula is C7H11NO. The van der Waals surface area contributed by atoms with Crippen LogP contribution < -0.4 is 0 Å². The third kappa shape index (κ3) is 2.90. The second-order valence-corrected chi connectivity index (χ2v) is 2.18. The third-order valence-corrected chi connectivity index (χ3v) is 1.16. The van der Waals surface area contributed by atoms with Gasteiger partial charge in [-0.1, -0.05) is 17.8 Å². The molecule has 0 spiro atoms. The lowest BCUT2D eigenvalue weighted by Gasteiger charge is -1.88. The number of rotatable bonds is 4. The molecule has 1 rings (SSSR count). The van der Waals surface area contributed by atoms with Crippen molar-refractivity contribution < 1.29 is 4.84 Å². The number of nitrogens with zero attached hydrogens (tertiary/aromatic N) is 1. The zero-order chi connectivity index (χ0) is 6.53. The molecule has 0 aliphatic heterocycles. The van der Waals surface area contributed by atoms with Gasteiger partial charge in [-0.05, 0) is 18.8 Å². The van der Waals surface area contributed by atoms with E-state index in [2.05, 4.69) is 11.7 Å². The molecule has 0 heterocycles. The Kier molecular flexibility index (Phi) is 2.31. The van der Waals surface area contributed by atoms with Gasteiger partial charge in [0.1, 0.15) is 6.61 Å². The lowest BCUT2D eigenvalue weighted by molar-refractivity contribution is 0.175. The number of hydrogen-bond acceptors (Lipinski definition) is 2. The average molecular weight is 125 g/mol. The van der Waals surface area contributed by atoms with Gasteiger partial charge in [0, 0.05) is 6.21 Å². The van der Waals surface area contributed by atoms with Crippen LogP contribution in [0.2, 0.25) is 0 Å². The first-order valence-electron chi connectivity index (χ1n) is 3.20. The van der Waals surface area contributed by atoms with Gasteiger partial charge in [-0.25, -0.2) is 0 Å². The molecule has 1 aliphatic carbocycles. The summed E-state index contributed by atoms with van der Waals surface area (Å²) in [6.45, 7) is 4.01. The van der Waals surface area contributed by atoms with E-state index in [1.165, 1.54) is 12.8 Å². The van der Waals surface area contributed by atoms with Crippen LogP contribution in [-0.4, -0.2) is 12.8 Å². The normalized spacial score (nSPS) is 18.2. The van der Waals surface area contributed by atoms with E-state index < -0.39 is 0 Å². The van der Waals surface area contributed by atoms with Crippen molar-refractivity contribution in [2.45, 2.75) is 12.8 Å². The van der Waals surface area contributed by atoms with Crippen molar-refractivity contribution in [2.24, 2.45) is 11.1 Å². The van der Waals surface area contributed by atoms with Crippen LogP contribution >= 0.6 is 0 Å². The van der Waals surface area contributed by atoms with Crippen LogP contribution in [0.3, 0.4) is 0 Å². The zero-order valence-electron chi connectivity index (χ0n) is 5.42. The Labute approximate surface area is 55.2 Å². The molecule has 1 saturated carbocycles. The maximum Gasteiger partial charge on any atom is 0.135 e. The Morgan fingerprint density at radius 1 is 1.67 bits per heavy atom. The van der Waals surface area contributed by atoms with E-state index in [-0.39, 0.29) is 0 Å². The van der Waals surface area contributed by atoms with E-state index in [9.17, 15) is 0 Å². The van der Waals surface area contributed by atoms with E-state index in [4.69, 9.17) is 4.84 Å². The van der Waals surface area contributed by atoms with Crippen molar-refractivity contribution in [1.29, 1.82) is 0 Å². The first kappa shape index (κ1) is 6.33. The van der Waals surface area contributed by atoms with Crippen LogP contribution in [-0.2, 0) is 4.84 Å². The van der Waals surface area contributed by atoms with Gasteiger partial charge < -0.3 is 4.84 Å². The summed E-state index contributed by atoms with van der Waals surface area (Å²) < 4.78 is 0. The van der Waals surface area contributed by atoms with Crippen molar-refractivity contribution in [3.8, 4) is 0 Å². The number of hydrogen-bond donors (Lipinski definition) is 0. The van der Waals surface area contributed by atoms with E-state index in [0.717, 1.165) is 0 Å². The van der Waals surface area contributed by atoms with Crippen molar-refractivity contribution in [3.63, 3.8) is 0 Å². The predicted molar refractivity (Wildman–Crippen MR) is 37.4 cm³/mol. The highest BCUT2D eigenvalue weighted by Crippen LogP contribution is 2.26. The molecule has 0 atom stereocenters. The molecular weight excluding hydrogens is 114 g/mol. The fourth-order valence-electron chi connectivity index (χ4n) is 0.470. The average Bonchev–Trinajstić information content (AvgIpc) is 2.63. The van der Waals surface area contributed by atoms with Crippen LogP contribution in [0.5, 0.6) is 0 Å². The molecule has 50 valence electrons. The van der Waals surface area contributed by atoms with Crippen molar-refractivity contribution in [1.82, 2.24) is 0 Å². The fourth-order valence-corrected chi connectivity index (χ4v) is 0.470. The molecule has 0 unspecified atom stereocenters. The van der Waals surface area contributed by atoms with Gasteiger partial charge in [-0.15, -0.1) is 0 Å². The lowest BCUT2D eigenvalue weighted by Crippen LogP contribution is -1.82. The summed E-state index contributed by atoms with van der Waals surface area (Å²) in [4.78, 5) is 4.78. The SMILES string of the molecule is C=CCO/N=C\C1CC1. The lowest BCUT2D eigenvalue weighted by atomic mass is 10.5. The first-order chi connectivity index (χ1) is 4.43. The molecule has 0 radical (unpaired) electrons. The summed E-state index contributed by atoms with van der Waals surface area (Å²) in [5.41, 5.74) is 0. The highest BCUT2D eigenvalue weighted by molar-refractivity contribution is 5.62. The topological polar surface area (TPSA) is 21.6 Å². The molecule has 0 N–H and O–H groups in total. The van der Waals surface area contributed by atoms with Crippen LogP contribution in [0.4, 0.5) is 0 Å². The smallest absolute Gasteiger partial charge is 0.135 e. The van der Waals surface area contributed by atoms with Crippen LogP contribution in [0.15, 0.2) is 17.8 Å². The summed E-state index contributed by atoms with van der Waals surface area (Å²) in [7, 11) is 0. The van der Waals surface area contributed by atoms with Gasteiger partial charge >= 0.3 is 0 Å². The maximum absolute atomic E-state index is 4.78. The Bertz CT molecular complexity index is 116. The minimum absolute atomic E-state index is 0.517. The molecule has 0 saturated heterocycles. The minimum Gasteiger partial charge on any atom is -0.392 e. The van der Waals surface area contributed by atoms with Crippen LogP contribution in [0.25, 0.3) is 0 Å². The predicted octanol–water partition coefficient (Wildman–Crippen LogP) is 1.58. The quantitative estimate of drug-likeness (QED) is 0.242. The van der Waals surface area contributed by atoms with Gasteiger partial charge in [0.25, 0.3) is 0 Å².